The zero-order chi connectivity index (χ0) is 21.5. The second kappa shape index (κ2) is 7.70. The molecule has 30 heavy (non-hydrogen) atoms. The van der Waals surface area contributed by atoms with Gasteiger partial charge in [0.25, 0.3) is 0 Å². The van der Waals surface area contributed by atoms with Gasteiger partial charge in [-0.2, -0.15) is 0 Å². The first kappa shape index (κ1) is 20.9. The zero-order valence-electron chi connectivity index (χ0n) is 19.0. The first-order valence-corrected chi connectivity index (χ1v) is 18.1. The number of fused-ring (bicyclic) bond motifs is 1. The normalized spacial score (nSPS) is 12.3. The van der Waals surface area contributed by atoms with Crippen LogP contribution in [0, 0.1) is 0 Å². The third-order valence-corrected chi connectivity index (χ3v) is 10.1. The van der Waals surface area contributed by atoms with Gasteiger partial charge in [0, 0.05) is 0 Å². The molecule has 1 aromatic heterocycles. The average molecular weight is 454 g/mol. The SMILES string of the molecule is CC(C)(C)c1cccc(-c2cc(-c3ccccc3)c3c[c]([Ge]([CH3])([CH3])[CH3])ccc3n2)c1. The molecule has 0 N–H and O–H groups in total. The maximum absolute atomic E-state index is 5.10. The van der Waals surface area contributed by atoms with E-state index in [0.717, 1.165) is 11.2 Å². The number of benzene rings is 3. The van der Waals surface area contributed by atoms with Crippen LogP contribution in [0.2, 0.25) is 17.3 Å². The van der Waals surface area contributed by atoms with Crippen LogP contribution < -0.4 is 4.40 Å². The van der Waals surface area contributed by atoms with E-state index < -0.39 is 13.3 Å². The summed E-state index contributed by atoms with van der Waals surface area (Å²) in [5.74, 6) is 7.34. The Morgan fingerprint density at radius 3 is 2.07 bits per heavy atom. The van der Waals surface area contributed by atoms with Gasteiger partial charge in [-0.1, -0.05) is 0 Å². The fourth-order valence-electron chi connectivity index (χ4n) is 3.84. The molecule has 1 heterocycles. The van der Waals surface area contributed by atoms with Crippen LogP contribution in [0.3, 0.4) is 0 Å². The topological polar surface area (TPSA) is 12.9 Å². The molecule has 152 valence electrons. The minimum absolute atomic E-state index is 0.114. The molecule has 4 rings (SSSR count). The summed E-state index contributed by atoms with van der Waals surface area (Å²) in [4.78, 5) is 5.10. The number of nitrogens with zero attached hydrogens (tertiary/aromatic N) is 1. The molecule has 0 aliphatic rings. The van der Waals surface area contributed by atoms with Crippen molar-refractivity contribution < 1.29 is 0 Å². The Labute approximate surface area is 183 Å². The molecular weight excluding hydrogens is 423 g/mol. The van der Waals surface area contributed by atoms with Gasteiger partial charge in [0.2, 0.25) is 0 Å². The van der Waals surface area contributed by atoms with E-state index in [4.69, 9.17) is 4.98 Å². The molecule has 3 aromatic carbocycles. The van der Waals surface area contributed by atoms with Gasteiger partial charge >= 0.3 is 184 Å². The van der Waals surface area contributed by atoms with Crippen LogP contribution in [-0.4, -0.2) is 18.3 Å². The van der Waals surface area contributed by atoms with Gasteiger partial charge in [0.15, 0.2) is 0 Å². The summed E-state index contributed by atoms with van der Waals surface area (Å²) in [6, 6.07) is 28.8. The van der Waals surface area contributed by atoms with Crippen LogP contribution in [0.15, 0.2) is 78.9 Å². The molecular formula is C28H31GeN. The molecule has 2 heteroatoms. The van der Waals surface area contributed by atoms with Gasteiger partial charge in [-0.3, -0.25) is 0 Å². The number of rotatable bonds is 3. The maximum atomic E-state index is 5.10. The fourth-order valence-corrected chi connectivity index (χ4v) is 6.28. The molecule has 0 fully saturated rings. The summed E-state index contributed by atoms with van der Waals surface area (Å²) in [5.41, 5.74) is 7.25. The summed E-state index contributed by atoms with van der Waals surface area (Å²) >= 11 is -1.94. The van der Waals surface area contributed by atoms with Gasteiger partial charge in [-0.25, -0.2) is 0 Å². The number of hydrogen-bond acceptors (Lipinski definition) is 1. The molecule has 0 bridgehead atoms. The molecule has 0 spiro atoms. The monoisotopic (exact) mass is 455 g/mol. The summed E-state index contributed by atoms with van der Waals surface area (Å²) < 4.78 is 1.52. The van der Waals surface area contributed by atoms with Crippen LogP contribution in [0.4, 0.5) is 0 Å². The third-order valence-electron chi connectivity index (χ3n) is 5.78. The molecule has 0 unspecified atom stereocenters. The summed E-state index contributed by atoms with van der Waals surface area (Å²) in [6.07, 6.45) is 0. The van der Waals surface area contributed by atoms with Crippen molar-refractivity contribution in [1.29, 1.82) is 0 Å². The van der Waals surface area contributed by atoms with Crippen molar-refractivity contribution >= 4 is 28.6 Å². The Morgan fingerprint density at radius 1 is 0.700 bits per heavy atom. The Bertz CT molecular complexity index is 1190. The first-order valence-electron chi connectivity index (χ1n) is 10.7. The van der Waals surface area contributed by atoms with E-state index in [9.17, 15) is 0 Å². The number of aromatic nitrogens is 1. The van der Waals surface area contributed by atoms with Crippen LogP contribution in [0.5, 0.6) is 0 Å². The van der Waals surface area contributed by atoms with Crippen molar-refractivity contribution in [2.24, 2.45) is 0 Å². The van der Waals surface area contributed by atoms with E-state index >= 15 is 0 Å². The van der Waals surface area contributed by atoms with E-state index in [1.807, 2.05) is 0 Å². The third kappa shape index (κ3) is 4.22. The Kier molecular flexibility index (Phi) is 5.36. The van der Waals surface area contributed by atoms with Gasteiger partial charge < -0.3 is 0 Å². The zero-order valence-corrected chi connectivity index (χ0v) is 21.1. The summed E-state index contributed by atoms with van der Waals surface area (Å²) in [5, 5.41) is 1.26. The Morgan fingerprint density at radius 2 is 1.40 bits per heavy atom. The molecule has 0 saturated carbocycles. The van der Waals surface area contributed by atoms with Crippen LogP contribution in [0.25, 0.3) is 33.3 Å². The molecule has 0 amide bonds. The van der Waals surface area contributed by atoms with Crippen molar-refractivity contribution in [3.8, 4) is 22.4 Å². The first-order chi connectivity index (χ1) is 14.1. The van der Waals surface area contributed by atoms with Crippen LogP contribution in [0.1, 0.15) is 26.3 Å². The second-order valence-corrected chi connectivity index (χ2v) is 20.9. The summed E-state index contributed by atoms with van der Waals surface area (Å²) in [6.45, 7) is 6.78. The fraction of sp³-hybridized carbons (Fsp3) is 0.250. The van der Waals surface area contributed by atoms with E-state index in [2.05, 4.69) is 117 Å². The minimum atomic E-state index is -1.94. The number of pyridine rings is 1. The van der Waals surface area contributed by atoms with Gasteiger partial charge in [-0.05, 0) is 0 Å². The van der Waals surface area contributed by atoms with Crippen LogP contribution >= 0.6 is 0 Å². The second-order valence-electron chi connectivity index (χ2n) is 10.2. The summed E-state index contributed by atoms with van der Waals surface area (Å²) in [7, 11) is 0. The predicted octanol–water partition coefficient (Wildman–Crippen LogP) is 7.41. The van der Waals surface area contributed by atoms with E-state index in [1.54, 1.807) is 0 Å². The van der Waals surface area contributed by atoms with Gasteiger partial charge in [0.1, 0.15) is 0 Å². The van der Waals surface area contributed by atoms with E-state index in [-0.39, 0.29) is 5.41 Å². The van der Waals surface area contributed by atoms with Gasteiger partial charge in [0.05, 0.1) is 0 Å². The van der Waals surface area contributed by atoms with Crippen molar-refractivity contribution in [3.05, 3.63) is 84.4 Å². The molecule has 0 saturated heterocycles. The Balaban J connectivity index is 1.98. The molecule has 0 radical (unpaired) electrons. The Hall–Kier alpha value is -2.39. The van der Waals surface area contributed by atoms with Crippen molar-refractivity contribution in [1.82, 2.24) is 4.98 Å². The predicted molar refractivity (Wildman–Crippen MR) is 134 cm³/mol. The standard InChI is InChI=1S/C28H31GeN/c1-28(2,3)22-14-10-13-21(17-22)27-19-24(20-11-8-7-9-12-20)25-18-23(29(4,5)6)15-16-26(25)30-27/h7-19H,1-6H3. The van der Waals surface area contributed by atoms with Crippen molar-refractivity contribution in [2.45, 2.75) is 43.5 Å². The van der Waals surface area contributed by atoms with Gasteiger partial charge in [-0.15, -0.1) is 0 Å². The van der Waals surface area contributed by atoms with Crippen molar-refractivity contribution in [2.75, 3.05) is 0 Å². The van der Waals surface area contributed by atoms with E-state index in [0.29, 0.717) is 0 Å². The van der Waals surface area contributed by atoms with Crippen LogP contribution in [-0.2, 0) is 5.41 Å². The number of hydrogen-bond donors (Lipinski definition) is 0. The molecule has 4 aromatic rings. The van der Waals surface area contributed by atoms with E-state index in [1.165, 1.54) is 32.0 Å². The molecule has 0 atom stereocenters. The molecule has 0 aliphatic heterocycles. The quantitative estimate of drug-likeness (QED) is 0.294. The average Bonchev–Trinajstić information content (AvgIpc) is 2.72. The molecule has 0 aliphatic carbocycles. The van der Waals surface area contributed by atoms with Crippen molar-refractivity contribution in [3.63, 3.8) is 0 Å². The molecule has 1 nitrogen and oxygen atoms in total.